The lowest BCUT2D eigenvalue weighted by molar-refractivity contribution is -0.131. The number of hydrogen-bond donors (Lipinski definition) is 0. The fraction of sp³-hybridized carbons (Fsp3) is 0.655. The monoisotopic (exact) mass is 500 g/mol. The van der Waals surface area contributed by atoms with Crippen molar-refractivity contribution in [1.82, 2.24) is 0 Å². The summed E-state index contributed by atoms with van der Waals surface area (Å²) in [6, 6.07) is 9.14. The molecule has 4 saturated carbocycles. The molecule has 0 saturated heterocycles. The van der Waals surface area contributed by atoms with Crippen LogP contribution in [-0.2, 0) is 9.53 Å². The van der Waals surface area contributed by atoms with Gasteiger partial charge in [-0.2, -0.15) is 0 Å². The maximum Gasteiger partial charge on any atom is 0.343 e. The Labute approximate surface area is 212 Å². The second-order valence-electron chi connectivity index (χ2n) is 12.2. The first-order chi connectivity index (χ1) is 16.1. The molecule has 5 aliphatic rings. The van der Waals surface area contributed by atoms with Crippen LogP contribution in [0.5, 0.6) is 0 Å². The standard InChI is InChI=1S/C29H34Cl2O3/c1-17(32)21-9-10-22-20-15-24-28(29(24,30)31)16-19(34-25(33)18-7-5-4-6-8-18)11-14-27(28,3)23(20)12-13-26(21,22)2/h4-8,16,20-24H,9-15H2,1-3H3/t20-,21+,22-,23-,24?,26+,27+,28-/m0/s1. The highest BCUT2D eigenvalue weighted by Crippen LogP contribution is 2.86. The van der Waals surface area contributed by atoms with Gasteiger partial charge in [0.1, 0.15) is 15.9 Å². The molecule has 0 aliphatic heterocycles. The predicted octanol–water partition coefficient (Wildman–Crippen LogP) is 7.37. The van der Waals surface area contributed by atoms with Crippen molar-refractivity contribution < 1.29 is 14.3 Å². The van der Waals surface area contributed by atoms with Gasteiger partial charge in [0, 0.05) is 23.7 Å². The van der Waals surface area contributed by atoms with E-state index in [-0.39, 0.29) is 34.1 Å². The SMILES string of the molecule is CC(=O)[C@H]1CC[C@H]2[C@@H]3CC4C(Cl)(Cl)[C@@]45C=C(OC(=O)c4ccccc4)CC[C@]5(C)[C@H]3CC[C@]12C. The van der Waals surface area contributed by atoms with Crippen LogP contribution in [0.1, 0.15) is 76.1 Å². The van der Waals surface area contributed by atoms with Gasteiger partial charge in [-0.25, -0.2) is 4.79 Å². The summed E-state index contributed by atoms with van der Waals surface area (Å²) in [6.45, 7) is 6.56. The molecule has 3 nitrogen and oxygen atoms in total. The zero-order valence-corrected chi connectivity index (χ0v) is 21.8. The summed E-state index contributed by atoms with van der Waals surface area (Å²) >= 11 is 14.3. The third kappa shape index (κ3) is 2.78. The molecule has 1 spiro atoms. The molecule has 0 aromatic heterocycles. The summed E-state index contributed by atoms with van der Waals surface area (Å²) in [7, 11) is 0. The molecular formula is C29H34Cl2O3. The van der Waals surface area contributed by atoms with Gasteiger partial charge in [-0.15, -0.1) is 23.2 Å². The fourth-order valence-corrected chi connectivity index (χ4v) is 10.8. The zero-order chi connectivity index (χ0) is 24.1. The molecule has 0 radical (unpaired) electrons. The maximum atomic E-state index is 12.7. The normalized spacial score (nSPS) is 45.7. The van der Waals surface area contributed by atoms with Crippen molar-refractivity contribution in [2.45, 2.75) is 70.1 Å². The Morgan fingerprint density at radius 3 is 2.44 bits per heavy atom. The smallest absolute Gasteiger partial charge is 0.343 e. The van der Waals surface area contributed by atoms with Crippen LogP contribution in [0.4, 0.5) is 0 Å². The van der Waals surface area contributed by atoms with Crippen molar-refractivity contribution in [3.63, 3.8) is 0 Å². The van der Waals surface area contributed by atoms with Crippen LogP contribution in [-0.4, -0.2) is 16.1 Å². The average Bonchev–Trinajstić information content (AvgIpc) is 3.08. The van der Waals surface area contributed by atoms with E-state index in [1.165, 1.54) is 0 Å². The molecule has 182 valence electrons. The Morgan fingerprint density at radius 1 is 1.00 bits per heavy atom. The largest absolute Gasteiger partial charge is 0.428 e. The average molecular weight is 501 g/mol. The molecule has 1 aromatic rings. The number of halogens is 2. The summed E-state index contributed by atoms with van der Waals surface area (Å²) in [5.41, 5.74) is 0.297. The number of alkyl halides is 2. The van der Waals surface area contributed by atoms with E-state index >= 15 is 0 Å². The Bertz CT molecular complexity index is 1080. The van der Waals surface area contributed by atoms with Gasteiger partial charge in [0.2, 0.25) is 0 Å². The van der Waals surface area contributed by atoms with Gasteiger partial charge in [-0.3, -0.25) is 4.79 Å². The van der Waals surface area contributed by atoms with Crippen LogP contribution < -0.4 is 0 Å². The number of benzene rings is 1. The molecule has 8 atom stereocenters. The second-order valence-corrected chi connectivity index (χ2v) is 13.6. The van der Waals surface area contributed by atoms with Crippen LogP contribution in [0.15, 0.2) is 42.2 Å². The quantitative estimate of drug-likeness (QED) is 0.321. The van der Waals surface area contributed by atoms with E-state index < -0.39 is 4.33 Å². The topological polar surface area (TPSA) is 43.4 Å². The Balaban J connectivity index is 1.32. The van der Waals surface area contributed by atoms with Gasteiger partial charge in [-0.05, 0) is 92.2 Å². The fourth-order valence-electron chi connectivity index (χ4n) is 9.56. The lowest BCUT2D eigenvalue weighted by Crippen LogP contribution is -2.54. The zero-order valence-electron chi connectivity index (χ0n) is 20.3. The Hall–Kier alpha value is -1.32. The van der Waals surface area contributed by atoms with Gasteiger partial charge >= 0.3 is 5.97 Å². The van der Waals surface area contributed by atoms with E-state index in [1.54, 1.807) is 19.1 Å². The lowest BCUT2D eigenvalue weighted by Gasteiger charge is -2.59. The van der Waals surface area contributed by atoms with Crippen LogP contribution in [0, 0.1) is 45.8 Å². The molecule has 1 aromatic carbocycles. The van der Waals surface area contributed by atoms with Gasteiger partial charge in [0.15, 0.2) is 0 Å². The van der Waals surface area contributed by atoms with Gasteiger partial charge in [0.05, 0.1) is 5.56 Å². The summed E-state index contributed by atoms with van der Waals surface area (Å²) in [5, 5.41) is 0. The molecule has 0 N–H and O–H groups in total. The molecule has 6 rings (SSSR count). The molecule has 4 fully saturated rings. The lowest BCUT2D eigenvalue weighted by atomic mass is 9.45. The third-order valence-electron chi connectivity index (χ3n) is 11.2. The van der Waals surface area contributed by atoms with E-state index in [0.717, 1.165) is 50.7 Å². The van der Waals surface area contributed by atoms with E-state index in [0.29, 0.717) is 29.1 Å². The van der Waals surface area contributed by atoms with Crippen molar-refractivity contribution in [2.24, 2.45) is 45.8 Å². The summed E-state index contributed by atoms with van der Waals surface area (Å²) in [5.74, 6) is 2.80. The second kappa shape index (κ2) is 7.35. The van der Waals surface area contributed by atoms with E-state index in [4.69, 9.17) is 27.9 Å². The Kier molecular flexibility index (Phi) is 5.00. The third-order valence-corrected chi connectivity index (χ3v) is 12.3. The molecule has 0 bridgehead atoms. The maximum absolute atomic E-state index is 12.7. The number of esters is 1. The van der Waals surface area contributed by atoms with E-state index in [1.807, 2.05) is 18.2 Å². The summed E-state index contributed by atoms with van der Waals surface area (Å²) in [4.78, 5) is 25.2. The number of allylic oxidation sites excluding steroid dienone is 2. The molecular weight excluding hydrogens is 467 g/mol. The first kappa shape index (κ1) is 23.1. The minimum atomic E-state index is -0.834. The van der Waals surface area contributed by atoms with Gasteiger partial charge < -0.3 is 4.74 Å². The summed E-state index contributed by atoms with van der Waals surface area (Å²) in [6.07, 6.45) is 9.23. The summed E-state index contributed by atoms with van der Waals surface area (Å²) < 4.78 is 5.05. The van der Waals surface area contributed by atoms with Crippen LogP contribution in [0.3, 0.4) is 0 Å². The van der Waals surface area contributed by atoms with Crippen LogP contribution in [0.2, 0.25) is 0 Å². The molecule has 0 heterocycles. The molecule has 0 amide bonds. The number of carbonyl (C=O) groups excluding carboxylic acids is 2. The van der Waals surface area contributed by atoms with Crippen LogP contribution >= 0.6 is 23.2 Å². The van der Waals surface area contributed by atoms with E-state index in [2.05, 4.69) is 19.9 Å². The molecule has 34 heavy (non-hydrogen) atoms. The minimum Gasteiger partial charge on any atom is -0.428 e. The number of Topliss-reactive ketones (excluding diaryl/α,β-unsaturated/α-hetero) is 1. The van der Waals surface area contributed by atoms with Crippen molar-refractivity contribution in [1.29, 1.82) is 0 Å². The predicted molar refractivity (Wildman–Crippen MR) is 133 cm³/mol. The molecule has 5 aliphatic carbocycles. The minimum absolute atomic E-state index is 0.0254. The molecule has 1 unspecified atom stereocenters. The van der Waals surface area contributed by atoms with Crippen LogP contribution in [0.25, 0.3) is 0 Å². The van der Waals surface area contributed by atoms with Crippen molar-refractivity contribution in [2.75, 3.05) is 0 Å². The number of carbonyl (C=O) groups is 2. The number of hydrogen-bond acceptors (Lipinski definition) is 3. The highest BCUT2D eigenvalue weighted by atomic mass is 35.5. The van der Waals surface area contributed by atoms with Crippen molar-refractivity contribution >= 4 is 35.0 Å². The first-order valence-corrected chi connectivity index (χ1v) is 13.7. The van der Waals surface area contributed by atoms with Gasteiger partial charge in [-0.1, -0.05) is 32.0 Å². The Morgan fingerprint density at radius 2 is 1.74 bits per heavy atom. The number of fused-ring (bicyclic) bond motifs is 4. The number of rotatable bonds is 3. The highest BCUT2D eigenvalue weighted by molar-refractivity contribution is 6.52. The van der Waals surface area contributed by atoms with Gasteiger partial charge in [0.25, 0.3) is 0 Å². The number of ether oxygens (including phenoxy) is 1. The van der Waals surface area contributed by atoms with Crippen molar-refractivity contribution in [3.8, 4) is 0 Å². The number of ketones is 1. The highest BCUT2D eigenvalue weighted by Gasteiger charge is 2.85. The van der Waals surface area contributed by atoms with E-state index in [9.17, 15) is 9.59 Å². The first-order valence-electron chi connectivity index (χ1n) is 12.9. The van der Waals surface area contributed by atoms with Crippen molar-refractivity contribution in [3.05, 3.63) is 47.7 Å². The molecule has 5 heteroatoms.